The molecule has 0 spiro atoms. The Morgan fingerprint density at radius 2 is 1.58 bits per heavy atom. The molecule has 3 N–H and O–H groups in total. The van der Waals surface area contributed by atoms with E-state index >= 15 is 0 Å². The van der Waals surface area contributed by atoms with Crippen molar-refractivity contribution < 1.29 is 9.59 Å². The quantitative estimate of drug-likeness (QED) is 0.575. The molecule has 31 heavy (non-hydrogen) atoms. The van der Waals surface area contributed by atoms with Gasteiger partial charge in [-0.15, -0.1) is 0 Å². The smallest absolute Gasteiger partial charge is 0.323 e. The minimum atomic E-state index is -0.435. The second-order valence-corrected chi connectivity index (χ2v) is 7.18. The van der Waals surface area contributed by atoms with Crippen molar-refractivity contribution in [2.45, 2.75) is 13.8 Å². The lowest BCUT2D eigenvalue weighted by molar-refractivity contribution is 0.0949. The van der Waals surface area contributed by atoms with Gasteiger partial charge in [-0.05, 0) is 55.6 Å². The molecule has 164 valence electrons. The number of anilines is 3. The molecule has 0 aromatic heterocycles. The van der Waals surface area contributed by atoms with Gasteiger partial charge >= 0.3 is 6.03 Å². The second-order valence-electron chi connectivity index (χ2n) is 7.18. The van der Waals surface area contributed by atoms with Crippen molar-refractivity contribution in [1.29, 1.82) is 5.26 Å². The van der Waals surface area contributed by atoms with Crippen molar-refractivity contribution in [3.63, 3.8) is 0 Å². The van der Waals surface area contributed by atoms with Crippen LogP contribution in [0.3, 0.4) is 0 Å². The third-order valence-electron chi connectivity index (χ3n) is 4.86. The third-order valence-corrected chi connectivity index (χ3v) is 4.86. The molecule has 3 amide bonds. The molecule has 2 aromatic rings. The highest BCUT2D eigenvalue weighted by Crippen LogP contribution is 2.23. The highest BCUT2D eigenvalue weighted by molar-refractivity contribution is 6.04. The van der Waals surface area contributed by atoms with Crippen LogP contribution < -0.4 is 20.9 Å². The van der Waals surface area contributed by atoms with Gasteiger partial charge in [0.2, 0.25) is 0 Å². The number of hydrogen-bond acceptors (Lipinski definition) is 5. The maximum absolute atomic E-state index is 12.8. The van der Waals surface area contributed by atoms with E-state index in [0.29, 0.717) is 29.0 Å². The average Bonchev–Trinajstić information content (AvgIpc) is 2.76. The molecule has 0 aliphatic heterocycles. The Bertz CT molecular complexity index is 930. The molecule has 0 fully saturated rings. The van der Waals surface area contributed by atoms with Crippen molar-refractivity contribution in [2.24, 2.45) is 0 Å². The van der Waals surface area contributed by atoms with E-state index in [-0.39, 0.29) is 5.91 Å². The molecule has 0 heterocycles. The Morgan fingerprint density at radius 3 is 2.16 bits per heavy atom. The standard InChI is InChI=1S/C23H30N6O2/c1-5-29(6-2)14-13-25-22(30)20-15-19(11-12-21(20)28(3)4)27-23(31)26-18-9-7-17(16-24)8-10-18/h7-12,15H,5-6,13-14H2,1-4H3,(H,25,30)(H2,26,27,31). The average molecular weight is 423 g/mol. The Morgan fingerprint density at radius 1 is 0.968 bits per heavy atom. The molecular formula is C23H30N6O2. The summed E-state index contributed by atoms with van der Waals surface area (Å²) in [7, 11) is 3.74. The highest BCUT2D eigenvalue weighted by atomic mass is 16.2. The van der Waals surface area contributed by atoms with Gasteiger partial charge in [0.1, 0.15) is 0 Å². The molecule has 0 bridgehead atoms. The van der Waals surface area contributed by atoms with Crippen molar-refractivity contribution in [3.05, 3.63) is 53.6 Å². The zero-order valence-electron chi connectivity index (χ0n) is 18.5. The van der Waals surface area contributed by atoms with Crippen LogP contribution in [0.5, 0.6) is 0 Å². The van der Waals surface area contributed by atoms with Gasteiger partial charge in [-0.1, -0.05) is 13.8 Å². The van der Waals surface area contributed by atoms with Gasteiger partial charge in [0.15, 0.2) is 0 Å². The lowest BCUT2D eigenvalue weighted by Crippen LogP contribution is -2.35. The third kappa shape index (κ3) is 7.01. The van der Waals surface area contributed by atoms with Gasteiger partial charge in [-0.25, -0.2) is 4.79 Å². The summed E-state index contributed by atoms with van der Waals surface area (Å²) in [5, 5.41) is 17.3. The van der Waals surface area contributed by atoms with Gasteiger partial charge in [-0.2, -0.15) is 5.26 Å². The first-order valence-corrected chi connectivity index (χ1v) is 10.3. The maximum Gasteiger partial charge on any atom is 0.323 e. The van der Waals surface area contributed by atoms with Crippen LogP contribution in [0.25, 0.3) is 0 Å². The second kappa shape index (κ2) is 11.6. The van der Waals surface area contributed by atoms with Crippen LogP contribution in [0.2, 0.25) is 0 Å². The zero-order chi connectivity index (χ0) is 22.8. The Labute approximate surface area is 183 Å². The lowest BCUT2D eigenvalue weighted by Gasteiger charge is -2.20. The number of hydrogen-bond donors (Lipinski definition) is 3. The lowest BCUT2D eigenvalue weighted by atomic mass is 10.1. The molecule has 0 saturated heterocycles. The molecule has 0 saturated carbocycles. The largest absolute Gasteiger partial charge is 0.377 e. The number of nitriles is 1. The number of carbonyl (C=O) groups is 2. The SMILES string of the molecule is CCN(CC)CCNC(=O)c1cc(NC(=O)Nc2ccc(C#N)cc2)ccc1N(C)C. The molecular weight excluding hydrogens is 392 g/mol. The number of amides is 3. The number of nitrogens with zero attached hydrogens (tertiary/aromatic N) is 3. The summed E-state index contributed by atoms with van der Waals surface area (Å²) in [4.78, 5) is 29.2. The summed E-state index contributed by atoms with van der Waals surface area (Å²) < 4.78 is 0. The summed E-state index contributed by atoms with van der Waals surface area (Å²) in [6.07, 6.45) is 0. The molecule has 0 radical (unpaired) electrons. The van der Waals surface area contributed by atoms with E-state index in [1.807, 2.05) is 25.1 Å². The van der Waals surface area contributed by atoms with Crippen LogP contribution >= 0.6 is 0 Å². The molecule has 0 aliphatic rings. The van der Waals surface area contributed by atoms with Crippen molar-refractivity contribution >= 4 is 29.0 Å². The van der Waals surface area contributed by atoms with Crippen LogP contribution in [-0.4, -0.2) is 57.1 Å². The van der Waals surface area contributed by atoms with Gasteiger partial charge in [-0.3, -0.25) is 4.79 Å². The molecule has 2 aromatic carbocycles. The normalized spacial score (nSPS) is 10.3. The first kappa shape index (κ1) is 23.7. The number of nitrogens with one attached hydrogen (secondary N) is 3. The fraction of sp³-hybridized carbons (Fsp3) is 0.348. The number of benzene rings is 2. The first-order valence-electron chi connectivity index (χ1n) is 10.3. The molecule has 0 aliphatic carbocycles. The van der Waals surface area contributed by atoms with E-state index in [1.165, 1.54) is 0 Å². The molecule has 0 unspecified atom stereocenters. The summed E-state index contributed by atoms with van der Waals surface area (Å²) in [5.74, 6) is -0.188. The number of urea groups is 1. The molecule has 8 heteroatoms. The van der Waals surface area contributed by atoms with E-state index in [2.05, 4.69) is 34.7 Å². The van der Waals surface area contributed by atoms with Crippen molar-refractivity contribution in [3.8, 4) is 6.07 Å². The molecule has 0 atom stereocenters. The van der Waals surface area contributed by atoms with Gasteiger partial charge in [0, 0.05) is 44.2 Å². The van der Waals surface area contributed by atoms with E-state index in [4.69, 9.17) is 5.26 Å². The summed E-state index contributed by atoms with van der Waals surface area (Å²) in [5.41, 5.74) is 2.84. The van der Waals surface area contributed by atoms with Crippen molar-refractivity contribution in [2.75, 3.05) is 55.8 Å². The van der Waals surface area contributed by atoms with E-state index in [0.717, 1.165) is 25.3 Å². The minimum absolute atomic E-state index is 0.188. The van der Waals surface area contributed by atoms with E-state index in [9.17, 15) is 9.59 Å². The summed E-state index contributed by atoms with van der Waals surface area (Å²) in [6.45, 7) is 7.37. The van der Waals surface area contributed by atoms with Gasteiger partial charge in [0.25, 0.3) is 5.91 Å². The Kier molecular flexibility index (Phi) is 8.85. The number of rotatable bonds is 9. The van der Waals surface area contributed by atoms with Crippen LogP contribution in [0.15, 0.2) is 42.5 Å². The first-order chi connectivity index (χ1) is 14.9. The topological polar surface area (TPSA) is 100 Å². The van der Waals surface area contributed by atoms with Crippen LogP contribution in [0, 0.1) is 11.3 Å². The molecule has 2 rings (SSSR count). The predicted molar refractivity (Wildman–Crippen MR) is 125 cm³/mol. The monoisotopic (exact) mass is 422 g/mol. The van der Waals surface area contributed by atoms with Crippen molar-refractivity contribution in [1.82, 2.24) is 10.2 Å². The van der Waals surface area contributed by atoms with Crippen LogP contribution in [0.1, 0.15) is 29.8 Å². The van der Waals surface area contributed by atoms with Gasteiger partial charge < -0.3 is 25.8 Å². The number of carbonyl (C=O) groups excluding carboxylic acids is 2. The maximum atomic E-state index is 12.8. The fourth-order valence-electron chi connectivity index (χ4n) is 3.07. The van der Waals surface area contributed by atoms with Crippen LogP contribution in [0.4, 0.5) is 21.9 Å². The van der Waals surface area contributed by atoms with E-state index < -0.39 is 6.03 Å². The van der Waals surface area contributed by atoms with E-state index in [1.54, 1.807) is 42.5 Å². The van der Waals surface area contributed by atoms with Gasteiger partial charge in [0.05, 0.1) is 17.2 Å². The Balaban J connectivity index is 2.08. The molecule has 8 nitrogen and oxygen atoms in total. The highest BCUT2D eigenvalue weighted by Gasteiger charge is 2.15. The number of likely N-dealkylation sites (N-methyl/N-ethyl adjacent to an activating group) is 1. The summed E-state index contributed by atoms with van der Waals surface area (Å²) >= 11 is 0. The predicted octanol–water partition coefficient (Wildman–Crippen LogP) is 3.34. The Hall–Kier alpha value is -3.57. The zero-order valence-corrected chi connectivity index (χ0v) is 18.5. The summed E-state index contributed by atoms with van der Waals surface area (Å²) in [6, 6.07) is 13.4. The fourth-order valence-corrected chi connectivity index (χ4v) is 3.07. The minimum Gasteiger partial charge on any atom is -0.377 e. The van der Waals surface area contributed by atoms with Crippen LogP contribution in [-0.2, 0) is 0 Å².